The van der Waals surface area contributed by atoms with Gasteiger partial charge in [-0.2, -0.15) is 0 Å². The third kappa shape index (κ3) is 4.11. The molecule has 0 N–H and O–H groups in total. The van der Waals surface area contributed by atoms with Crippen LogP contribution in [0.4, 0.5) is 4.39 Å². The van der Waals surface area contributed by atoms with Gasteiger partial charge in [-0.3, -0.25) is 14.2 Å². The Kier molecular flexibility index (Phi) is 6.19. The minimum atomic E-state index is -0.606. The fraction of sp³-hybridized carbons (Fsp3) is 0.355. The summed E-state index contributed by atoms with van der Waals surface area (Å²) >= 11 is 0. The Balaban J connectivity index is 1.55. The molecule has 0 saturated carbocycles. The van der Waals surface area contributed by atoms with Crippen LogP contribution in [0.3, 0.4) is 0 Å². The van der Waals surface area contributed by atoms with Crippen molar-refractivity contribution in [3.05, 3.63) is 94.5 Å². The Labute approximate surface area is 211 Å². The second-order valence-electron chi connectivity index (χ2n) is 11.1. The van der Waals surface area contributed by atoms with Crippen molar-refractivity contribution in [2.45, 2.75) is 46.1 Å². The molecule has 0 aliphatic carbocycles. The molecule has 186 valence electrons. The standard InChI is InChI=1S/C31H33FN2O2/c1-20(2)28(34-27-12-8-7-10-24(27)23-9-5-6-11-25(23)29(34)35)30(36)33-18-17-26(31(3,4)19-33)21-13-15-22(32)16-14-21/h5-16,20,26,28H,17-19H2,1-4H3/t26?,28-/m1/s1. The molecule has 0 radical (unpaired) electrons. The summed E-state index contributed by atoms with van der Waals surface area (Å²) in [6.45, 7) is 9.54. The van der Waals surface area contributed by atoms with Crippen molar-refractivity contribution in [2.24, 2.45) is 11.3 Å². The fourth-order valence-corrected chi connectivity index (χ4v) is 6.07. The first kappa shape index (κ1) is 24.2. The Morgan fingerprint density at radius 2 is 1.53 bits per heavy atom. The Bertz CT molecular complexity index is 1490. The highest BCUT2D eigenvalue weighted by Gasteiger charge is 2.41. The predicted octanol–water partition coefficient (Wildman–Crippen LogP) is 6.53. The minimum Gasteiger partial charge on any atom is -0.340 e. The molecule has 1 unspecified atom stereocenters. The van der Waals surface area contributed by atoms with Gasteiger partial charge in [0.05, 0.1) is 5.52 Å². The number of likely N-dealkylation sites (tertiary alicyclic amines) is 1. The van der Waals surface area contributed by atoms with Crippen LogP contribution < -0.4 is 5.56 Å². The van der Waals surface area contributed by atoms with E-state index in [1.54, 1.807) is 4.57 Å². The number of rotatable bonds is 4. The van der Waals surface area contributed by atoms with E-state index in [0.29, 0.717) is 18.5 Å². The highest BCUT2D eigenvalue weighted by molar-refractivity contribution is 6.06. The molecule has 0 spiro atoms. The number of piperidine rings is 1. The fourth-order valence-electron chi connectivity index (χ4n) is 6.07. The first-order chi connectivity index (χ1) is 17.2. The van der Waals surface area contributed by atoms with E-state index in [0.717, 1.165) is 28.3 Å². The molecule has 0 bridgehead atoms. The minimum absolute atomic E-state index is 0.0156. The van der Waals surface area contributed by atoms with E-state index in [4.69, 9.17) is 0 Å². The molecular formula is C31H33FN2O2. The number of hydrogen-bond donors (Lipinski definition) is 0. The number of halogens is 1. The number of nitrogens with zero attached hydrogens (tertiary/aromatic N) is 2. The summed E-state index contributed by atoms with van der Waals surface area (Å²) in [5, 5.41) is 2.51. The van der Waals surface area contributed by atoms with E-state index >= 15 is 0 Å². The monoisotopic (exact) mass is 484 g/mol. The maximum atomic E-state index is 14.2. The van der Waals surface area contributed by atoms with Gasteiger partial charge in [-0.25, -0.2) is 4.39 Å². The molecule has 3 aromatic carbocycles. The molecule has 2 heterocycles. The number of para-hydroxylation sites is 1. The summed E-state index contributed by atoms with van der Waals surface area (Å²) in [7, 11) is 0. The molecule has 1 saturated heterocycles. The lowest BCUT2D eigenvalue weighted by atomic mass is 9.70. The van der Waals surface area contributed by atoms with Crippen molar-refractivity contribution in [1.82, 2.24) is 9.47 Å². The van der Waals surface area contributed by atoms with Gasteiger partial charge in [0.25, 0.3) is 5.56 Å². The molecule has 4 aromatic rings. The van der Waals surface area contributed by atoms with Crippen LogP contribution in [-0.4, -0.2) is 28.5 Å². The van der Waals surface area contributed by atoms with Crippen LogP contribution >= 0.6 is 0 Å². The highest BCUT2D eigenvalue weighted by Crippen LogP contribution is 2.43. The zero-order valence-corrected chi connectivity index (χ0v) is 21.4. The first-order valence-electron chi connectivity index (χ1n) is 12.8. The van der Waals surface area contributed by atoms with Crippen molar-refractivity contribution in [2.75, 3.05) is 13.1 Å². The Morgan fingerprint density at radius 1 is 0.917 bits per heavy atom. The van der Waals surface area contributed by atoms with Crippen molar-refractivity contribution in [3.8, 4) is 0 Å². The average molecular weight is 485 g/mol. The van der Waals surface area contributed by atoms with Crippen LogP contribution in [0.5, 0.6) is 0 Å². The normalized spacial score (nSPS) is 18.6. The van der Waals surface area contributed by atoms with Gasteiger partial charge in [0.15, 0.2) is 0 Å². The van der Waals surface area contributed by atoms with Crippen LogP contribution in [0.2, 0.25) is 0 Å². The zero-order valence-electron chi connectivity index (χ0n) is 21.4. The van der Waals surface area contributed by atoms with E-state index in [-0.39, 0.29) is 34.5 Å². The second kappa shape index (κ2) is 9.20. The molecule has 1 aromatic heterocycles. The summed E-state index contributed by atoms with van der Waals surface area (Å²) < 4.78 is 15.2. The number of fused-ring (bicyclic) bond motifs is 3. The van der Waals surface area contributed by atoms with E-state index in [2.05, 4.69) is 13.8 Å². The summed E-state index contributed by atoms with van der Waals surface area (Å²) in [5.74, 6) is -0.100. The summed E-state index contributed by atoms with van der Waals surface area (Å²) in [5.41, 5.74) is 1.57. The second-order valence-corrected chi connectivity index (χ2v) is 11.1. The number of aromatic nitrogens is 1. The lowest BCUT2D eigenvalue weighted by Crippen LogP contribution is -2.51. The smallest absolute Gasteiger partial charge is 0.259 e. The number of hydrogen-bond acceptors (Lipinski definition) is 2. The zero-order chi connectivity index (χ0) is 25.6. The van der Waals surface area contributed by atoms with E-state index in [1.165, 1.54) is 12.1 Å². The van der Waals surface area contributed by atoms with Gasteiger partial charge in [-0.05, 0) is 58.9 Å². The Hall–Kier alpha value is -3.47. The maximum absolute atomic E-state index is 14.2. The largest absolute Gasteiger partial charge is 0.340 e. The molecule has 2 atom stereocenters. The number of pyridine rings is 1. The number of carbonyl (C=O) groups is 1. The molecular weight excluding hydrogens is 451 g/mol. The van der Waals surface area contributed by atoms with E-state index < -0.39 is 6.04 Å². The molecule has 36 heavy (non-hydrogen) atoms. The average Bonchev–Trinajstić information content (AvgIpc) is 2.86. The van der Waals surface area contributed by atoms with Gasteiger partial charge >= 0.3 is 0 Å². The van der Waals surface area contributed by atoms with Crippen molar-refractivity contribution < 1.29 is 9.18 Å². The summed E-state index contributed by atoms with van der Waals surface area (Å²) in [6.07, 6.45) is 0.794. The third-order valence-corrected chi connectivity index (χ3v) is 7.81. The van der Waals surface area contributed by atoms with Gasteiger partial charge < -0.3 is 4.90 Å². The van der Waals surface area contributed by atoms with Crippen LogP contribution in [0.15, 0.2) is 77.6 Å². The van der Waals surface area contributed by atoms with Crippen LogP contribution in [-0.2, 0) is 4.79 Å². The molecule has 1 amide bonds. The highest BCUT2D eigenvalue weighted by atomic mass is 19.1. The van der Waals surface area contributed by atoms with Crippen molar-refractivity contribution in [3.63, 3.8) is 0 Å². The lowest BCUT2D eigenvalue weighted by molar-refractivity contribution is -0.139. The van der Waals surface area contributed by atoms with E-state index in [1.807, 2.05) is 79.4 Å². The quantitative estimate of drug-likeness (QED) is 0.309. The van der Waals surface area contributed by atoms with Crippen LogP contribution in [0, 0.1) is 17.2 Å². The molecule has 4 nitrogen and oxygen atoms in total. The van der Waals surface area contributed by atoms with Crippen LogP contribution in [0.25, 0.3) is 21.7 Å². The molecule has 1 fully saturated rings. The Morgan fingerprint density at radius 3 is 2.17 bits per heavy atom. The van der Waals surface area contributed by atoms with Gasteiger partial charge in [0.2, 0.25) is 5.91 Å². The number of amides is 1. The van der Waals surface area contributed by atoms with Gasteiger partial charge in [-0.1, -0.05) is 76.2 Å². The van der Waals surface area contributed by atoms with Gasteiger partial charge in [0, 0.05) is 23.9 Å². The third-order valence-electron chi connectivity index (χ3n) is 7.81. The summed E-state index contributed by atoms with van der Waals surface area (Å²) in [6, 6.07) is 21.6. The van der Waals surface area contributed by atoms with Gasteiger partial charge in [-0.15, -0.1) is 0 Å². The molecule has 5 rings (SSSR count). The molecule has 1 aliphatic heterocycles. The summed E-state index contributed by atoms with van der Waals surface area (Å²) in [4.78, 5) is 29.9. The van der Waals surface area contributed by atoms with Crippen molar-refractivity contribution >= 4 is 27.6 Å². The van der Waals surface area contributed by atoms with Crippen LogP contribution in [0.1, 0.15) is 51.6 Å². The van der Waals surface area contributed by atoms with Crippen molar-refractivity contribution in [1.29, 1.82) is 0 Å². The lowest BCUT2D eigenvalue weighted by Gasteiger charge is -2.46. The maximum Gasteiger partial charge on any atom is 0.259 e. The number of carbonyl (C=O) groups excluding carboxylic acids is 1. The topological polar surface area (TPSA) is 42.3 Å². The molecule has 5 heteroatoms. The number of benzene rings is 3. The van der Waals surface area contributed by atoms with Gasteiger partial charge in [0.1, 0.15) is 11.9 Å². The molecule has 1 aliphatic rings. The predicted molar refractivity (Wildman–Crippen MR) is 144 cm³/mol. The van der Waals surface area contributed by atoms with E-state index in [9.17, 15) is 14.0 Å². The SMILES string of the molecule is CC(C)[C@H](C(=O)N1CCC(c2ccc(F)cc2)C(C)(C)C1)n1c(=O)c2ccccc2c2ccccc21. The first-order valence-corrected chi connectivity index (χ1v) is 12.8.